The molecule has 2 N–H and O–H groups in total. The van der Waals surface area contributed by atoms with E-state index in [-0.39, 0.29) is 30.0 Å². The van der Waals surface area contributed by atoms with E-state index in [9.17, 15) is 27.4 Å². The summed E-state index contributed by atoms with van der Waals surface area (Å²) in [5.41, 5.74) is -0.361. The number of hydrogen-bond acceptors (Lipinski definition) is 6. The molecule has 1 aromatic carbocycles. The van der Waals surface area contributed by atoms with E-state index in [1.165, 1.54) is 12.1 Å². The quantitative estimate of drug-likeness (QED) is 0.379. The molecule has 2 atom stereocenters. The lowest BCUT2D eigenvalue weighted by Crippen LogP contribution is -2.18. The van der Waals surface area contributed by atoms with Crippen LogP contribution in [0, 0.1) is 11.6 Å². The highest BCUT2D eigenvalue weighted by atomic mass is 79.9. The average molecular weight is 453 g/mol. The van der Waals surface area contributed by atoms with Crippen molar-refractivity contribution in [3.8, 4) is 22.8 Å². The zero-order valence-corrected chi connectivity index (χ0v) is 15.7. The molecule has 0 spiro atoms. The molecule has 26 heavy (non-hydrogen) atoms. The number of carbonyl (C=O) groups is 1. The standard InChI is InChI=1S/C15H14BrF2NO6S/c1-7(20)24-15-12(21)13(8-3-2-4-10(17)11(8)18)25-14(15)9(16)5-6-19-26(22)23/h2-4,9,19,21H,5-6H2,1H3,(H,22,23)/p-1. The molecule has 0 amide bonds. The molecule has 7 nitrogen and oxygen atoms in total. The number of nitrogens with one attached hydrogen (secondary N) is 1. The zero-order chi connectivity index (χ0) is 19.4. The van der Waals surface area contributed by atoms with Gasteiger partial charge < -0.3 is 18.8 Å². The lowest BCUT2D eigenvalue weighted by molar-refractivity contribution is -0.132. The number of halogens is 3. The van der Waals surface area contributed by atoms with Crippen molar-refractivity contribution < 1.29 is 36.6 Å². The van der Waals surface area contributed by atoms with Crippen LogP contribution in [0.1, 0.15) is 23.9 Å². The molecule has 1 heterocycles. The van der Waals surface area contributed by atoms with Gasteiger partial charge in [0.15, 0.2) is 23.2 Å². The highest BCUT2D eigenvalue weighted by Gasteiger charge is 2.29. The Balaban J connectivity index is 2.45. The summed E-state index contributed by atoms with van der Waals surface area (Å²) in [6, 6.07) is 3.30. The molecule has 0 aliphatic heterocycles. The minimum absolute atomic E-state index is 0.0106. The van der Waals surface area contributed by atoms with Gasteiger partial charge >= 0.3 is 5.97 Å². The number of alkyl halides is 1. The summed E-state index contributed by atoms with van der Waals surface area (Å²) in [5, 5.41) is 10.3. The molecular weight excluding hydrogens is 440 g/mol. The molecule has 0 aliphatic rings. The Morgan fingerprint density at radius 2 is 2.19 bits per heavy atom. The summed E-state index contributed by atoms with van der Waals surface area (Å²) in [4.78, 5) is 10.6. The van der Waals surface area contributed by atoms with Gasteiger partial charge in [0.1, 0.15) is 0 Å². The largest absolute Gasteiger partial charge is 0.760 e. The summed E-state index contributed by atoms with van der Waals surface area (Å²) < 4.78 is 61.0. The maximum atomic E-state index is 14.0. The number of rotatable bonds is 7. The molecule has 0 saturated carbocycles. The molecule has 0 bridgehead atoms. The summed E-state index contributed by atoms with van der Waals surface area (Å²) >= 11 is 0.760. The molecule has 2 unspecified atom stereocenters. The smallest absolute Gasteiger partial charge is 0.308 e. The van der Waals surface area contributed by atoms with Crippen molar-refractivity contribution >= 4 is 33.2 Å². The fraction of sp³-hybridized carbons (Fsp3) is 0.267. The van der Waals surface area contributed by atoms with E-state index >= 15 is 0 Å². The van der Waals surface area contributed by atoms with Crippen molar-refractivity contribution in [1.29, 1.82) is 0 Å². The van der Waals surface area contributed by atoms with Crippen LogP contribution in [0.4, 0.5) is 8.78 Å². The van der Waals surface area contributed by atoms with E-state index in [0.29, 0.717) is 0 Å². The van der Waals surface area contributed by atoms with Gasteiger partial charge in [0.05, 0.1) is 10.4 Å². The first kappa shape index (κ1) is 20.5. The van der Waals surface area contributed by atoms with Crippen LogP contribution in [0.5, 0.6) is 11.5 Å². The molecule has 2 aromatic rings. The maximum absolute atomic E-state index is 14.0. The summed E-state index contributed by atoms with van der Waals surface area (Å²) in [6.07, 6.45) is 0.153. The third kappa shape index (κ3) is 4.67. The Morgan fingerprint density at radius 3 is 2.81 bits per heavy atom. The Bertz CT molecular complexity index is 844. The van der Waals surface area contributed by atoms with Crippen LogP contribution >= 0.6 is 15.9 Å². The van der Waals surface area contributed by atoms with E-state index in [0.717, 1.165) is 13.0 Å². The normalized spacial score (nSPS) is 13.4. The van der Waals surface area contributed by atoms with Crippen LogP contribution in [0.3, 0.4) is 0 Å². The molecule has 0 saturated heterocycles. The third-order valence-electron chi connectivity index (χ3n) is 3.21. The first-order valence-electron chi connectivity index (χ1n) is 7.17. The van der Waals surface area contributed by atoms with Crippen molar-refractivity contribution in [2.24, 2.45) is 0 Å². The summed E-state index contributed by atoms with van der Waals surface area (Å²) in [6.45, 7) is 1.10. The van der Waals surface area contributed by atoms with Gasteiger partial charge in [0.2, 0.25) is 11.5 Å². The highest BCUT2D eigenvalue weighted by Crippen LogP contribution is 2.48. The second-order valence-corrected chi connectivity index (χ2v) is 6.92. The molecule has 11 heteroatoms. The lowest BCUT2D eigenvalue weighted by atomic mass is 10.1. The van der Waals surface area contributed by atoms with Crippen LogP contribution < -0.4 is 9.46 Å². The second kappa shape index (κ2) is 8.71. The number of hydrogen-bond donors (Lipinski definition) is 2. The zero-order valence-electron chi connectivity index (χ0n) is 13.3. The molecule has 0 fully saturated rings. The highest BCUT2D eigenvalue weighted by molar-refractivity contribution is 9.09. The van der Waals surface area contributed by atoms with Gasteiger partial charge in [-0.15, -0.1) is 0 Å². The second-order valence-electron chi connectivity index (χ2n) is 5.05. The van der Waals surface area contributed by atoms with Gasteiger partial charge in [0, 0.05) is 24.7 Å². The van der Waals surface area contributed by atoms with Gasteiger partial charge in [-0.3, -0.25) is 9.00 Å². The Morgan fingerprint density at radius 1 is 1.50 bits per heavy atom. The number of ether oxygens (including phenoxy) is 1. The van der Waals surface area contributed by atoms with Crippen molar-refractivity contribution in [3.05, 3.63) is 35.6 Å². The summed E-state index contributed by atoms with van der Waals surface area (Å²) in [7, 11) is 0. The number of carbonyl (C=O) groups excluding carboxylic acids is 1. The van der Waals surface area contributed by atoms with Crippen LogP contribution in [-0.4, -0.2) is 26.4 Å². The lowest BCUT2D eigenvalue weighted by Gasteiger charge is -2.11. The predicted molar refractivity (Wildman–Crippen MR) is 90.2 cm³/mol. The van der Waals surface area contributed by atoms with Crippen molar-refractivity contribution in [2.75, 3.05) is 6.54 Å². The number of furan rings is 1. The molecule has 1 aromatic heterocycles. The predicted octanol–water partition coefficient (Wildman–Crippen LogP) is 3.07. The van der Waals surface area contributed by atoms with E-state index < -0.39 is 45.2 Å². The molecule has 2 rings (SSSR count). The van der Waals surface area contributed by atoms with Gasteiger partial charge in [-0.1, -0.05) is 22.0 Å². The molecule has 0 aliphatic carbocycles. The number of esters is 1. The van der Waals surface area contributed by atoms with Gasteiger partial charge in [0.25, 0.3) is 0 Å². The van der Waals surface area contributed by atoms with Gasteiger partial charge in [-0.2, -0.15) is 0 Å². The molecule has 142 valence electrons. The monoisotopic (exact) mass is 452 g/mol. The maximum Gasteiger partial charge on any atom is 0.308 e. The third-order valence-corrected chi connectivity index (χ3v) is 4.52. The Kier molecular flexibility index (Phi) is 6.87. The molecular formula is C15H13BrF2NO6S-. The van der Waals surface area contributed by atoms with E-state index in [1.807, 2.05) is 0 Å². The first-order valence-corrected chi connectivity index (χ1v) is 9.16. The van der Waals surface area contributed by atoms with Crippen molar-refractivity contribution in [3.63, 3.8) is 0 Å². The van der Waals surface area contributed by atoms with E-state index in [1.54, 1.807) is 0 Å². The van der Waals surface area contributed by atoms with E-state index in [2.05, 4.69) is 20.7 Å². The van der Waals surface area contributed by atoms with Crippen LogP contribution in [0.15, 0.2) is 22.6 Å². The SMILES string of the molecule is CC(=O)Oc1c(C(Br)CCNS(=O)[O-])oc(-c2cccc(F)c2F)c1O. The Hall–Kier alpha value is -1.82. The average Bonchev–Trinajstić information content (AvgIpc) is 2.86. The fourth-order valence-corrected chi connectivity index (χ4v) is 2.95. The summed E-state index contributed by atoms with van der Waals surface area (Å²) in [5.74, 6) is -4.69. The fourth-order valence-electron chi connectivity index (χ4n) is 2.13. The number of aromatic hydroxyl groups is 1. The minimum Gasteiger partial charge on any atom is -0.760 e. The van der Waals surface area contributed by atoms with Gasteiger partial charge in [-0.25, -0.2) is 13.5 Å². The number of benzene rings is 1. The van der Waals surface area contributed by atoms with Gasteiger partial charge in [-0.05, 0) is 18.6 Å². The van der Waals surface area contributed by atoms with Crippen LogP contribution in [-0.2, 0) is 16.1 Å². The van der Waals surface area contributed by atoms with Crippen molar-refractivity contribution in [1.82, 2.24) is 4.72 Å². The van der Waals surface area contributed by atoms with Crippen LogP contribution in [0.25, 0.3) is 11.3 Å². The molecule has 0 radical (unpaired) electrons. The van der Waals surface area contributed by atoms with Crippen LogP contribution in [0.2, 0.25) is 0 Å². The first-order chi connectivity index (χ1) is 12.2. The minimum atomic E-state index is -2.46. The topological polar surface area (TPSA) is 112 Å². The van der Waals surface area contributed by atoms with E-state index in [4.69, 9.17) is 9.15 Å². The van der Waals surface area contributed by atoms with Crippen molar-refractivity contribution in [2.45, 2.75) is 18.2 Å². The Labute approximate surface area is 157 Å².